The fourth-order valence-electron chi connectivity index (χ4n) is 1.92. The number of fused-ring (bicyclic) bond motifs is 1. The van der Waals surface area contributed by atoms with Crippen LogP contribution in [0, 0.1) is 0 Å². The lowest BCUT2D eigenvalue weighted by Gasteiger charge is -2.02. The van der Waals surface area contributed by atoms with Gasteiger partial charge in [-0.05, 0) is 47.2 Å². The number of benzene rings is 2. The van der Waals surface area contributed by atoms with E-state index in [0.717, 1.165) is 11.3 Å². The molecule has 2 aromatic rings. The molecule has 0 amide bonds. The van der Waals surface area contributed by atoms with Crippen LogP contribution in [-0.4, -0.2) is 5.11 Å². The van der Waals surface area contributed by atoms with Crippen molar-refractivity contribution in [2.24, 2.45) is 0 Å². The van der Waals surface area contributed by atoms with Crippen LogP contribution in [0.2, 0.25) is 0 Å². The fourth-order valence-corrected chi connectivity index (χ4v) is 1.92. The van der Waals surface area contributed by atoms with Gasteiger partial charge in [0, 0.05) is 0 Å². The van der Waals surface area contributed by atoms with Crippen LogP contribution in [0.5, 0.6) is 5.75 Å². The third-order valence-corrected chi connectivity index (χ3v) is 2.90. The van der Waals surface area contributed by atoms with Crippen molar-refractivity contribution in [3.8, 4) is 5.75 Å². The molecule has 1 aliphatic carbocycles. The molecule has 0 atom stereocenters. The molecule has 14 heavy (non-hydrogen) atoms. The zero-order valence-corrected chi connectivity index (χ0v) is 7.90. The number of hydrogen-bond acceptors (Lipinski definition) is 1. The molecule has 1 N–H and O–H groups in total. The topological polar surface area (TPSA) is 20.2 Å². The summed E-state index contributed by atoms with van der Waals surface area (Å²) < 4.78 is 0. The van der Waals surface area contributed by atoms with Crippen LogP contribution < -0.4 is 0 Å². The second-order valence-corrected chi connectivity index (χ2v) is 4.07. The van der Waals surface area contributed by atoms with E-state index in [9.17, 15) is 5.11 Å². The first-order valence-corrected chi connectivity index (χ1v) is 5.05. The SMILES string of the molecule is Oc1ccc2cc(C3CC3)ccc2c1. The van der Waals surface area contributed by atoms with Gasteiger partial charge in [-0.3, -0.25) is 0 Å². The molecule has 1 saturated carbocycles. The Morgan fingerprint density at radius 3 is 2.43 bits per heavy atom. The van der Waals surface area contributed by atoms with E-state index < -0.39 is 0 Å². The van der Waals surface area contributed by atoms with Gasteiger partial charge in [-0.2, -0.15) is 0 Å². The van der Waals surface area contributed by atoms with Crippen molar-refractivity contribution in [2.75, 3.05) is 0 Å². The Hall–Kier alpha value is -1.50. The van der Waals surface area contributed by atoms with Crippen LogP contribution in [-0.2, 0) is 0 Å². The van der Waals surface area contributed by atoms with E-state index in [4.69, 9.17) is 0 Å². The molecule has 1 aliphatic rings. The van der Waals surface area contributed by atoms with Crippen LogP contribution in [0.25, 0.3) is 10.8 Å². The summed E-state index contributed by atoms with van der Waals surface area (Å²) in [5.74, 6) is 1.14. The van der Waals surface area contributed by atoms with E-state index in [1.54, 1.807) is 6.07 Å². The third-order valence-electron chi connectivity index (χ3n) is 2.90. The van der Waals surface area contributed by atoms with Gasteiger partial charge in [-0.1, -0.05) is 24.3 Å². The largest absolute Gasteiger partial charge is 0.508 e. The molecule has 0 aromatic heterocycles. The zero-order chi connectivity index (χ0) is 9.54. The summed E-state index contributed by atoms with van der Waals surface area (Å²) >= 11 is 0. The number of aromatic hydroxyl groups is 1. The molecule has 0 aliphatic heterocycles. The van der Waals surface area contributed by atoms with E-state index in [2.05, 4.69) is 18.2 Å². The highest BCUT2D eigenvalue weighted by Crippen LogP contribution is 2.41. The summed E-state index contributed by atoms with van der Waals surface area (Å²) in [6, 6.07) is 12.1. The minimum Gasteiger partial charge on any atom is -0.508 e. The predicted molar refractivity (Wildman–Crippen MR) is 57.6 cm³/mol. The Morgan fingerprint density at radius 2 is 1.64 bits per heavy atom. The molecule has 1 heteroatoms. The maximum absolute atomic E-state index is 9.32. The zero-order valence-electron chi connectivity index (χ0n) is 7.90. The van der Waals surface area contributed by atoms with Gasteiger partial charge in [0.25, 0.3) is 0 Å². The first-order chi connectivity index (χ1) is 6.83. The van der Waals surface area contributed by atoms with Gasteiger partial charge in [0.15, 0.2) is 0 Å². The average molecular weight is 184 g/mol. The van der Waals surface area contributed by atoms with Crippen LogP contribution in [0.4, 0.5) is 0 Å². The monoisotopic (exact) mass is 184 g/mol. The summed E-state index contributed by atoms with van der Waals surface area (Å²) in [4.78, 5) is 0. The molecular formula is C13H12O. The third kappa shape index (κ3) is 1.25. The first kappa shape index (κ1) is 7.86. The second kappa shape index (κ2) is 2.74. The van der Waals surface area contributed by atoms with Crippen molar-refractivity contribution in [2.45, 2.75) is 18.8 Å². The van der Waals surface area contributed by atoms with E-state index >= 15 is 0 Å². The van der Waals surface area contributed by atoms with Gasteiger partial charge in [0.2, 0.25) is 0 Å². The second-order valence-electron chi connectivity index (χ2n) is 4.07. The van der Waals surface area contributed by atoms with E-state index in [0.29, 0.717) is 5.75 Å². The summed E-state index contributed by atoms with van der Waals surface area (Å²) in [6.07, 6.45) is 2.67. The van der Waals surface area contributed by atoms with Crippen molar-refractivity contribution < 1.29 is 5.11 Å². The Balaban J connectivity index is 2.18. The minimum absolute atomic E-state index is 0.344. The van der Waals surface area contributed by atoms with Crippen molar-refractivity contribution in [1.82, 2.24) is 0 Å². The van der Waals surface area contributed by atoms with Gasteiger partial charge in [-0.15, -0.1) is 0 Å². The van der Waals surface area contributed by atoms with Crippen LogP contribution >= 0.6 is 0 Å². The number of phenols is 1. The maximum Gasteiger partial charge on any atom is 0.116 e. The minimum atomic E-state index is 0.344. The van der Waals surface area contributed by atoms with Gasteiger partial charge in [-0.25, -0.2) is 0 Å². The smallest absolute Gasteiger partial charge is 0.116 e. The van der Waals surface area contributed by atoms with Gasteiger partial charge < -0.3 is 5.11 Å². The van der Waals surface area contributed by atoms with Crippen molar-refractivity contribution in [1.29, 1.82) is 0 Å². The molecule has 1 fully saturated rings. The van der Waals surface area contributed by atoms with Gasteiger partial charge in [0.05, 0.1) is 0 Å². The lowest BCUT2D eigenvalue weighted by molar-refractivity contribution is 0.476. The van der Waals surface area contributed by atoms with Crippen molar-refractivity contribution in [3.05, 3.63) is 42.0 Å². The van der Waals surface area contributed by atoms with Crippen LogP contribution in [0.15, 0.2) is 36.4 Å². The normalized spacial score (nSPS) is 16.0. The molecule has 0 saturated heterocycles. The Labute approximate surface area is 83.0 Å². The Bertz CT molecular complexity index is 484. The average Bonchev–Trinajstić information content (AvgIpc) is 3.00. The van der Waals surface area contributed by atoms with Crippen molar-refractivity contribution in [3.63, 3.8) is 0 Å². The standard InChI is InChI=1S/C13H12O/c14-13-6-5-11-7-10(9-1-2-9)3-4-12(11)8-13/h3-9,14H,1-2H2. The first-order valence-electron chi connectivity index (χ1n) is 5.05. The quantitative estimate of drug-likeness (QED) is 0.720. The van der Waals surface area contributed by atoms with E-state index in [-0.39, 0.29) is 0 Å². The molecule has 0 spiro atoms. The molecule has 2 aromatic carbocycles. The molecule has 0 radical (unpaired) electrons. The summed E-state index contributed by atoms with van der Waals surface area (Å²) in [5, 5.41) is 11.7. The summed E-state index contributed by atoms with van der Waals surface area (Å²) in [5.41, 5.74) is 1.45. The molecule has 0 unspecified atom stereocenters. The van der Waals surface area contributed by atoms with E-state index in [1.165, 1.54) is 23.8 Å². The van der Waals surface area contributed by atoms with Crippen LogP contribution in [0.1, 0.15) is 24.3 Å². The highest BCUT2D eigenvalue weighted by atomic mass is 16.3. The summed E-state index contributed by atoms with van der Waals surface area (Å²) in [7, 11) is 0. The highest BCUT2D eigenvalue weighted by Gasteiger charge is 2.23. The van der Waals surface area contributed by atoms with Crippen molar-refractivity contribution >= 4 is 10.8 Å². The molecule has 0 bridgehead atoms. The van der Waals surface area contributed by atoms with Crippen LogP contribution in [0.3, 0.4) is 0 Å². The molecule has 70 valence electrons. The van der Waals surface area contributed by atoms with Gasteiger partial charge in [0.1, 0.15) is 5.75 Å². The van der Waals surface area contributed by atoms with Gasteiger partial charge >= 0.3 is 0 Å². The highest BCUT2D eigenvalue weighted by molar-refractivity contribution is 5.84. The Kier molecular flexibility index (Phi) is 1.54. The number of hydrogen-bond donors (Lipinski definition) is 1. The summed E-state index contributed by atoms with van der Waals surface area (Å²) in [6.45, 7) is 0. The lowest BCUT2D eigenvalue weighted by atomic mass is 10.0. The Morgan fingerprint density at radius 1 is 0.929 bits per heavy atom. The fraction of sp³-hybridized carbons (Fsp3) is 0.231. The molecule has 1 nitrogen and oxygen atoms in total. The molecule has 0 heterocycles. The molecular weight excluding hydrogens is 172 g/mol. The predicted octanol–water partition coefficient (Wildman–Crippen LogP) is 3.42. The molecule has 3 rings (SSSR count). The number of rotatable bonds is 1. The lowest BCUT2D eigenvalue weighted by Crippen LogP contribution is -1.79. The van der Waals surface area contributed by atoms with E-state index in [1.807, 2.05) is 12.1 Å². The number of phenolic OH excluding ortho intramolecular Hbond substituents is 1. The maximum atomic E-state index is 9.32.